The van der Waals surface area contributed by atoms with Gasteiger partial charge in [0, 0.05) is 39.3 Å². The molecule has 0 aliphatic carbocycles. The number of hydrogen-bond acceptors (Lipinski definition) is 8. The molecule has 0 aromatic carbocycles. The zero-order valence-electron chi connectivity index (χ0n) is 17.2. The Labute approximate surface area is 176 Å². The van der Waals surface area contributed by atoms with E-state index in [1.165, 1.54) is 34.3 Å². The van der Waals surface area contributed by atoms with Crippen LogP contribution in [0.25, 0.3) is 0 Å². The van der Waals surface area contributed by atoms with E-state index in [4.69, 9.17) is 9.26 Å². The maximum absolute atomic E-state index is 12.7. The number of rotatable bonds is 6. The van der Waals surface area contributed by atoms with Crippen molar-refractivity contribution in [2.24, 2.45) is 0 Å². The summed E-state index contributed by atoms with van der Waals surface area (Å²) < 4.78 is 65.8. The Hall–Kier alpha value is -1.58. The summed E-state index contributed by atoms with van der Waals surface area (Å²) in [5.41, 5.74) is 0.210. The lowest BCUT2D eigenvalue weighted by Crippen LogP contribution is -2.58. The third-order valence-electron chi connectivity index (χ3n) is 5.11. The van der Waals surface area contributed by atoms with E-state index in [0.717, 1.165) is 0 Å². The quantitative estimate of drug-likeness (QED) is 0.545. The van der Waals surface area contributed by atoms with Crippen LogP contribution in [-0.2, 0) is 29.8 Å². The lowest BCUT2D eigenvalue weighted by Gasteiger charge is -2.38. The topological polar surface area (TPSA) is 142 Å². The molecule has 2 aliphatic rings. The Morgan fingerprint density at radius 2 is 1.57 bits per heavy atom. The van der Waals surface area contributed by atoms with Gasteiger partial charge in [0.05, 0.1) is 19.3 Å². The van der Waals surface area contributed by atoms with Crippen LogP contribution in [0.3, 0.4) is 0 Å². The Balaban J connectivity index is 1.59. The molecule has 0 spiro atoms. The molecule has 30 heavy (non-hydrogen) atoms. The van der Waals surface area contributed by atoms with Gasteiger partial charge in [0.15, 0.2) is 5.76 Å². The van der Waals surface area contributed by atoms with Crippen LogP contribution in [0.5, 0.6) is 0 Å². The Bertz CT molecular complexity index is 958. The van der Waals surface area contributed by atoms with Crippen molar-refractivity contribution in [1.29, 1.82) is 0 Å². The normalized spacial score (nSPS) is 21.0. The number of nitrogens with zero attached hydrogens (tertiary/aromatic N) is 4. The number of hydrogen-bond donors (Lipinski definition) is 1. The van der Waals surface area contributed by atoms with Crippen LogP contribution in [0.4, 0.5) is 0 Å². The van der Waals surface area contributed by atoms with Crippen molar-refractivity contribution in [3.05, 3.63) is 11.5 Å². The number of carbonyl (C=O) groups excluding carboxylic acids is 1. The van der Waals surface area contributed by atoms with Crippen LogP contribution in [0.2, 0.25) is 0 Å². The summed E-state index contributed by atoms with van der Waals surface area (Å²) in [7, 11) is -7.59. The van der Waals surface area contributed by atoms with Gasteiger partial charge < -0.3 is 14.2 Å². The van der Waals surface area contributed by atoms with E-state index >= 15 is 0 Å². The molecule has 0 radical (unpaired) electrons. The van der Waals surface area contributed by atoms with E-state index in [0.29, 0.717) is 26.3 Å². The summed E-state index contributed by atoms with van der Waals surface area (Å²) in [6.45, 7) is 6.43. The second-order valence-electron chi connectivity index (χ2n) is 7.24. The molecule has 2 aliphatic heterocycles. The highest BCUT2D eigenvalue weighted by Gasteiger charge is 2.36. The summed E-state index contributed by atoms with van der Waals surface area (Å²) in [5, 5.41) is 3.63. The third kappa shape index (κ3) is 4.68. The molecule has 1 atom stereocenters. The summed E-state index contributed by atoms with van der Waals surface area (Å²) in [4.78, 5) is 14.1. The van der Waals surface area contributed by atoms with Crippen molar-refractivity contribution in [3.63, 3.8) is 0 Å². The number of sulfonamides is 1. The number of morpholine rings is 1. The first-order chi connectivity index (χ1) is 14.0. The van der Waals surface area contributed by atoms with Gasteiger partial charge in [0.1, 0.15) is 10.6 Å². The molecule has 170 valence electrons. The molecule has 1 aromatic heterocycles. The minimum atomic E-state index is -3.99. The van der Waals surface area contributed by atoms with Crippen LogP contribution in [0, 0.1) is 13.8 Å². The Morgan fingerprint density at radius 3 is 2.10 bits per heavy atom. The fourth-order valence-corrected chi connectivity index (χ4v) is 6.64. The molecule has 12 nitrogen and oxygen atoms in total. The van der Waals surface area contributed by atoms with Gasteiger partial charge in [-0.05, 0) is 20.8 Å². The minimum Gasteiger partial charge on any atom is -0.379 e. The van der Waals surface area contributed by atoms with Crippen LogP contribution < -0.4 is 4.72 Å². The highest BCUT2D eigenvalue weighted by Crippen LogP contribution is 2.19. The second kappa shape index (κ2) is 8.88. The summed E-state index contributed by atoms with van der Waals surface area (Å²) >= 11 is 0. The minimum absolute atomic E-state index is 0.0800. The number of aromatic nitrogens is 1. The molecule has 1 amide bonds. The molecular weight excluding hydrogens is 438 g/mol. The number of ether oxygens (including phenoxy) is 1. The fraction of sp³-hybridized carbons (Fsp3) is 0.750. The van der Waals surface area contributed by atoms with Crippen molar-refractivity contribution < 1.29 is 30.9 Å². The molecular formula is C16H27N5O7S2. The first-order valence-electron chi connectivity index (χ1n) is 9.61. The number of piperazine rings is 1. The van der Waals surface area contributed by atoms with Gasteiger partial charge in [0.2, 0.25) is 15.9 Å². The molecule has 2 fully saturated rings. The summed E-state index contributed by atoms with van der Waals surface area (Å²) in [6, 6.07) is -1.02. The number of amides is 1. The van der Waals surface area contributed by atoms with Gasteiger partial charge in [-0.2, -0.15) is 21.8 Å². The van der Waals surface area contributed by atoms with E-state index in [2.05, 4.69) is 9.88 Å². The molecule has 0 bridgehead atoms. The van der Waals surface area contributed by atoms with Gasteiger partial charge in [0.25, 0.3) is 10.2 Å². The van der Waals surface area contributed by atoms with E-state index in [1.54, 1.807) is 0 Å². The lowest BCUT2D eigenvalue weighted by molar-refractivity contribution is -0.133. The first-order valence-corrected chi connectivity index (χ1v) is 12.5. The maximum atomic E-state index is 12.7. The Morgan fingerprint density at radius 1 is 1.00 bits per heavy atom. The molecule has 0 unspecified atom stereocenters. The molecule has 2 saturated heterocycles. The summed E-state index contributed by atoms with van der Waals surface area (Å²) in [6.07, 6.45) is 0. The highest BCUT2D eigenvalue weighted by molar-refractivity contribution is 7.89. The van der Waals surface area contributed by atoms with Crippen LogP contribution >= 0.6 is 0 Å². The van der Waals surface area contributed by atoms with Gasteiger partial charge >= 0.3 is 0 Å². The van der Waals surface area contributed by atoms with Crippen molar-refractivity contribution >= 4 is 26.1 Å². The average molecular weight is 466 g/mol. The highest BCUT2D eigenvalue weighted by atomic mass is 32.2. The number of aryl methyl sites for hydroxylation is 2. The van der Waals surface area contributed by atoms with Crippen molar-refractivity contribution in [2.45, 2.75) is 31.7 Å². The Kier molecular flexibility index (Phi) is 6.84. The van der Waals surface area contributed by atoms with Crippen LogP contribution in [-0.4, -0.2) is 99.9 Å². The standard InChI is InChI=1S/C16H27N5O7S2/c1-12-15(14(3)28-17-12)29(23,24)18-13(2)16(22)19-4-6-20(7-5-19)30(25,26)21-8-10-27-11-9-21/h13,18H,4-11H2,1-3H3/t13-/m0/s1. The first kappa shape index (κ1) is 23.1. The van der Waals surface area contributed by atoms with Crippen molar-refractivity contribution in [3.8, 4) is 0 Å². The molecule has 3 heterocycles. The van der Waals surface area contributed by atoms with Crippen LogP contribution in [0.1, 0.15) is 18.4 Å². The molecule has 1 aromatic rings. The van der Waals surface area contributed by atoms with E-state index < -0.39 is 32.2 Å². The predicted molar refractivity (Wildman–Crippen MR) is 105 cm³/mol. The molecule has 0 saturated carbocycles. The van der Waals surface area contributed by atoms with E-state index in [-0.39, 0.29) is 42.5 Å². The number of nitrogens with one attached hydrogen (secondary N) is 1. The lowest BCUT2D eigenvalue weighted by atomic mass is 10.2. The summed E-state index contributed by atoms with van der Waals surface area (Å²) in [5.74, 6) is -0.282. The second-order valence-corrected chi connectivity index (χ2v) is 10.8. The van der Waals surface area contributed by atoms with Crippen molar-refractivity contribution in [1.82, 2.24) is 23.4 Å². The SMILES string of the molecule is Cc1noc(C)c1S(=O)(=O)N[C@@H](C)C(=O)N1CCN(S(=O)(=O)N2CCOCC2)CC1. The maximum Gasteiger partial charge on any atom is 0.282 e. The zero-order valence-corrected chi connectivity index (χ0v) is 18.8. The van der Waals surface area contributed by atoms with Gasteiger partial charge in [-0.3, -0.25) is 4.79 Å². The average Bonchev–Trinajstić information content (AvgIpc) is 3.06. The van der Waals surface area contributed by atoms with Crippen molar-refractivity contribution in [2.75, 3.05) is 52.5 Å². The molecule has 1 N–H and O–H groups in total. The van der Waals surface area contributed by atoms with E-state index in [9.17, 15) is 21.6 Å². The zero-order chi connectivity index (χ0) is 22.1. The molecule has 3 rings (SSSR count). The predicted octanol–water partition coefficient (Wildman–Crippen LogP) is -1.32. The van der Waals surface area contributed by atoms with Gasteiger partial charge in [-0.25, -0.2) is 8.42 Å². The fourth-order valence-electron chi connectivity index (χ4n) is 3.55. The van der Waals surface area contributed by atoms with Crippen LogP contribution in [0.15, 0.2) is 9.42 Å². The third-order valence-corrected chi connectivity index (χ3v) is 8.93. The monoisotopic (exact) mass is 465 g/mol. The molecule has 14 heteroatoms. The smallest absolute Gasteiger partial charge is 0.282 e. The largest absolute Gasteiger partial charge is 0.379 e. The van der Waals surface area contributed by atoms with E-state index in [1.807, 2.05) is 0 Å². The number of carbonyl (C=O) groups is 1. The van der Waals surface area contributed by atoms with Gasteiger partial charge in [-0.15, -0.1) is 0 Å². The van der Waals surface area contributed by atoms with Gasteiger partial charge in [-0.1, -0.05) is 5.16 Å².